The van der Waals surface area contributed by atoms with E-state index in [-0.39, 0.29) is 17.2 Å². The second kappa shape index (κ2) is 8.65. The predicted molar refractivity (Wildman–Crippen MR) is 108 cm³/mol. The predicted octanol–water partition coefficient (Wildman–Crippen LogP) is 3.28. The van der Waals surface area contributed by atoms with E-state index in [4.69, 9.17) is 4.98 Å². The molecule has 0 aliphatic carbocycles. The van der Waals surface area contributed by atoms with Crippen LogP contribution in [0, 0.1) is 6.92 Å². The molecule has 144 valence electrons. The van der Waals surface area contributed by atoms with Gasteiger partial charge in [-0.15, -0.1) is 11.3 Å². The lowest BCUT2D eigenvalue weighted by atomic mass is 9.70. The van der Waals surface area contributed by atoms with Crippen LogP contribution in [0.15, 0.2) is 35.7 Å². The largest absolute Gasteiger partial charge is 0.356 e. The highest BCUT2D eigenvalue weighted by Crippen LogP contribution is 2.42. The summed E-state index contributed by atoms with van der Waals surface area (Å²) in [6.07, 6.45) is 2.94. The Labute approximate surface area is 164 Å². The third kappa shape index (κ3) is 4.56. The van der Waals surface area contributed by atoms with Crippen LogP contribution < -0.4 is 5.32 Å². The number of likely N-dealkylation sites (tertiary alicyclic amines) is 1. The number of hydrogen-bond acceptors (Lipinski definition) is 4. The van der Waals surface area contributed by atoms with E-state index in [0.717, 1.165) is 36.6 Å². The number of nitrogens with one attached hydrogen (secondary N) is 1. The lowest BCUT2D eigenvalue weighted by molar-refractivity contribution is -0.133. The van der Waals surface area contributed by atoms with Gasteiger partial charge in [0, 0.05) is 43.8 Å². The zero-order valence-electron chi connectivity index (χ0n) is 16.0. The number of piperidine rings is 1. The number of nitrogens with zero attached hydrogens (tertiary/aromatic N) is 2. The highest BCUT2D eigenvalue weighted by Gasteiger charge is 2.40. The molecule has 1 aromatic carbocycles. The zero-order valence-corrected chi connectivity index (χ0v) is 16.8. The normalized spacial score (nSPS) is 16.1. The number of aryl methyl sites for hydroxylation is 1. The average molecular weight is 386 g/mol. The van der Waals surface area contributed by atoms with E-state index in [0.29, 0.717) is 19.4 Å². The minimum Gasteiger partial charge on any atom is -0.356 e. The average Bonchev–Trinajstić information content (AvgIpc) is 3.12. The topological polar surface area (TPSA) is 62.3 Å². The number of carbonyl (C=O) groups is 2. The van der Waals surface area contributed by atoms with Crippen molar-refractivity contribution >= 4 is 23.2 Å². The van der Waals surface area contributed by atoms with Crippen molar-refractivity contribution < 1.29 is 9.59 Å². The summed E-state index contributed by atoms with van der Waals surface area (Å²) in [6, 6.07) is 10.6. The first-order valence-corrected chi connectivity index (χ1v) is 10.4. The molecule has 0 radical (unpaired) electrons. The fraction of sp³-hybridized carbons (Fsp3) is 0.476. The van der Waals surface area contributed by atoms with Gasteiger partial charge in [-0.25, -0.2) is 4.98 Å². The van der Waals surface area contributed by atoms with Gasteiger partial charge in [0.05, 0.1) is 10.7 Å². The maximum Gasteiger partial charge on any atom is 0.222 e. The van der Waals surface area contributed by atoms with E-state index >= 15 is 0 Å². The molecule has 1 aliphatic rings. The summed E-state index contributed by atoms with van der Waals surface area (Å²) in [7, 11) is 0. The van der Waals surface area contributed by atoms with Crippen molar-refractivity contribution in [3.63, 3.8) is 0 Å². The standard InChI is InChI=1S/C21H27N3O2S/c1-16(25)22-12-6-9-20(26)24-13-10-21(11-14-24,18-7-4-3-5-8-18)19-15-27-17(2)23-19/h3-5,7-8,15H,6,9-14H2,1-2H3,(H,22,25). The quantitative estimate of drug-likeness (QED) is 0.776. The Hall–Kier alpha value is -2.21. The van der Waals surface area contributed by atoms with E-state index in [1.807, 2.05) is 17.9 Å². The van der Waals surface area contributed by atoms with Crippen molar-refractivity contribution in [1.82, 2.24) is 15.2 Å². The van der Waals surface area contributed by atoms with Gasteiger partial charge in [0.1, 0.15) is 0 Å². The van der Waals surface area contributed by atoms with Gasteiger partial charge in [-0.2, -0.15) is 0 Å². The molecule has 6 heteroatoms. The van der Waals surface area contributed by atoms with Crippen LogP contribution in [0.3, 0.4) is 0 Å². The van der Waals surface area contributed by atoms with Crippen LogP contribution in [0.2, 0.25) is 0 Å². The van der Waals surface area contributed by atoms with Gasteiger partial charge in [-0.3, -0.25) is 9.59 Å². The van der Waals surface area contributed by atoms with Crippen LogP contribution in [-0.4, -0.2) is 41.3 Å². The Kier molecular flexibility index (Phi) is 6.26. The highest BCUT2D eigenvalue weighted by molar-refractivity contribution is 7.09. The van der Waals surface area contributed by atoms with E-state index in [9.17, 15) is 9.59 Å². The van der Waals surface area contributed by atoms with Crippen LogP contribution >= 0.6 is 11.3 Å². The van der Waals surface area contributed by atoms with Gasteiger partial charge in [0.2, 0.25) is 11.8 Å². The highest BCUT2D eigenvalue weighted by atomic mass is 32.1. The Balaban J connectivity index is 1.68. The molecule has 0 bridgehead atoms. The van der Waals surface area contributed by atoms with Gasteiger partial charge < -0.3 is 10.2 Å². The molecule has 1 N–H and O–H groups in total. The van der Waals surface area contributed by atoms with E-state index in [1.165, 1.54) is 12.5 Å². The van der Waals surface area contributed by atoms with Crippen molar-refractivity contribution in [3.8, 4) is 0 Å². The molecule has 3 rings (SSSR count). The number of carbonyl (C=O) groups excluding carboxylic acids is 2. The summed E-state index contributed by atoms with van der Waals surface area (Å²) in [5.74, 6) is 0.128. The minimum atomic E-state index is -0.112. The molecule has 2 heterocycles. The summed E-state index contributed by atoms with van der Waals surface area (Å²) >= 11 is 1.69. The number of thiazole rings is 1. The third-order valence-corrected chi connectivity index (χ3v) is 6.12. The molecule has 0 saturated carbocycles. The number of hydrogen-bond donors (Lipinski definition) is 1. The molecule has 0 atom stereocenters. The third-order valence-electron chi connectivity index (χ3n) is 5.35. The minimum absolute atomic E-state index is 0.0494. The Morgan fingerprint density at radius 1 is 1.22 bits per heavy atom. The first-order chi connectivity index (χ1) is 13.0. The van der Waals surface area contributed by atoms with Gasteiger partial charge in [-0.1, -0.05) is 30.3 Å². The molecule has 1 fully saturated rings. The molecule has 5 nitrogen and oxygen atoms in total. The molecule has 0 spiro atoms. The smallest absolute Gasteiger partial charge is 0.222 e. The van der Waals surface area contributed by atoms with Crippen molar-refractivity contribution in [2.24, 2.45) is 0 Å². The lowest BCUT2D eigenvalue weighted by Crippen LogP contribution is -2.46. The number of benzene rings is 1. The number of amides is 2. The number of aromatic nitrogens is 1. The summed E-state index contributed by atoms with van der Waals surface area (Å²) in [4.78, 5) is 30.2. The van der Waals surface area contributed by atoms with Crippen molar-refractivity contribution in [1.29, 1.82) is 0 Å². The Morgan fingerprint density at radius 2 is 1.93 bits per heavy atom. The Morgan fingerprint density at radius 3 is 2.52 bits per heavy atom. The second-order valence-electron chi connectivity index (χ2n) is 7.17. The molecule has 2 amide bonds. The van der Waals surface area contributed by atoms with Crippen LogP contribution in [-0.2, 0) is 15.0 Å². The maximum absolute atomic E-state index is 12.5. The van der Waals surface area contributed by atoms with Crippen molar-refractivity contribution in [2.45, 2.75) is 44.9 Å². The van der Waals surface area contributed by atoms with Gasteiger partial charge >= 0.3 is 0 Å². The molecule has 1 saturated heterocycles. The molecular formula is C21H27N3O2S. The molecular weight excluding hydrogens is 358 g/mol. The Bertz CT molecular complexity index is 780. The number of rotatable bonds is 6. The molecule has 1 aliphatic heterocycles. The summed E-state index contributed by atoms with van der Waals surface area (Å²) in [5.41, 5.74) is 2.31. The van der Waals surface area contributed by atoms with Gasteiger partial charge in [0.25, 0.3) is 0 Å². The van der Waals surface area contributed by atoms with Crippen LogP contribution in [0.1, 0.15) is 48.9 Å². The molecule has 27 heavy (non-hydrogen) atoms. The maximum atomic E-state index is 12.5. The van der Waals surface area contributed by atoms with Gasteiger partial charge in [-0.05, 0) is 31.7 Å². The lowest BCUT2D eigenvalue weighted by Gasteiger charge is -2.41. The molecule has 0 unspecified atom stereocenters. The van der Waals surface area contributed by atoms with Gasteiger partial charge in [0.15, 0.2) is 0 Å². The first kappa shape index (κ1) is 19.5. The van der Waals surface area contributed by atoms with Crippen molar-refractivity contribution in [3.05, 3.63) is 52.0 Å². The monoisotopic (exact) mass is 385 g/mol. The van der Waals surface area contributed by atoms with E-state index < -0.39 is 0 Å². The second-order valence-corrected chi connectivity index (χ2v) is 8.23. The SMILES string of the molecule is CC(=O)NCCCC(=O)N1CCC(c2ccccc2)(c2csc(C)n2)CC1. The summed E-state index contributed by atoms with van der Waals surface area (Å²) in [6.45, 7) is 5.58. The fourth-order valence-corrected chi connectivity index (χ4v) is 4.54. The summed E-state index contributed by atoms with van der Waals surface area (Å²) in [5, 5.41) is 6.00. The first-order valence-electron chi connectivity index (χ1n) is 9.51. The van der Waals surface area contributed by atoms with E-state index in [2.05, 4.69) is 35.0 Å². The van der Waals surface area contributed by atoms with Crippen LogP contribution in [0.25, 0.3) is 0 Å². The van der Waals surface area contributed by atoms with E-state index in [1.54, 1.807) is 11.3 Å². The summed E-state index contributed by atoms with van der Waals surface area (Å²) < 4.78 is 0. The van der Waals surface area contributed by atoms with Crippen LogP contribution in [0.4, 0.5) is 0 Å². The van der Waals surface area contributed by atoms with Crippen molar-refractivity contribution in [2.75, 3.05) is 19.6 Å². The fourth-order valence-electron chi connectivity index (χ4n) is 3.83. The zero-order chi connectivity index (χ0) is 19.3. The van der Waals surface area contributed by atoms with Crippen LogP contribution in [0.5, 0.6) is 0 Å². The molecule has 2 aromatic rings. The molecule has 1 aromatic heterocycles.